The Balaban J connectivity index is 2.55. The molecule has 0 radical (unpaired) electrons. The van der Waals surface area contributed by atoms with Crippen molar-refractivity contribution in [1.29, 1.82) is 0 Å². The van der Waals surface area contributed by atoms with E-state index >= 15 is 0 Å². The summed E-state index contributed by atoms with van der Waals surface area (Å²) in [4.78, 5) is 11.8. The number of ether oxygens (including phenoxy) is 1. The van der Waals surface area contributed by atoms with Crippen LogP contribution in [0.2, 0.25) is 0 Å². The Labute approximate surface area is 107 Å². The molecule has 1 amide bonds. The molecule has 100 valence electrons. The van der Waals surface area contributed by atoms with Gasteiger partial charge < -0.3 is 20.9 Å². The van der Waals surface area contributed by atoms with Crippen molar-refractivity contribution in [3.63, 3.8) is 0 Å². The summed E-state index contributed by atoms with van der Waals surface area (Å²) in [6.45, 7) is 3.11. The van der Waals surface area contributed by atoms with E-state index in [0.717, 1.165) is 6.42 Å². The van der Waals surface area contributed by atoms with Crippen LogP contribution in [0.15, 0.2) is 18.2 Å². The Morgan fingerprint density at radius 3 is 2.83 bits per heavy atom. The molecule has 0 bridgehead atoms. The van der Waals surface area contributed by atoms with Crippen LogP contribution in [0.3, 0.4) is 0 Å². The van der Waals surface area contributed by atoms with Crippen molar-refractivity contribution in [3.05, 3.63) is 23.8 Å². The second kappa shape index (κ2) is 7.55. The highest BCUT2D eigenvalue weighted by atomic mass is 16.5. The molecule has 0 aliphatic rings. The van der Waals surface area contributed by atoms with E-state index < -0.39 is 0 Å². The number of aliphatic hydroxyl groups excluding tert-OH is 1. The summed E-state index contributed by atoms with van der Waals surface area (Å²) >= 11 is 0. The first-order chi connectivity index (χ1) is 8.69. The molecule has 4 N–H and O–H groups in total. The number of aliphatic hydroxyl groups is 1. The number of amides is 1. The van der Waals surface area contributed by atoms with Crippen molar-refractivity contribution < 1.29 is 14.6 Å². The normalized spacial score (nSPS) is 10.1. The average Bonchev–Trinajstić information content (AvgIpc) is 2.37. The summed E-state index contributed by atoms with van der Waals surface area (Å²) in [7, 11) is 0. The van der Waals surface area contributed by atoms with Gasteiger partial charge >= 0.3 is 0 Å². The second-order valence-corrected chi connectivity index (χ2v) is 3.87. The number of rotatable bonds is 7. The lowest BCUT2D eigenvalue weighted by atomic mass is 10.1. The van der Waals surface area contributed by atoms with Gasteiger partial charge in [-0.2, -0.15) is 0 Å². The third-order valence-electron chi connectivity index (χ3n) is 2.44. The molecule has 1 aromatic rings. The minimum atomic E-state index is -0.164. The van der Waals surface area contributed by atoms with Crippen molar-refractivity contribution in [1.82, 2.24) is 5.32 Å². The van der Waals surface area contributed by atoms with Gasteiger partial charge in [0.2, 0.25) is 0 Å². The molecule has 5 heteroatoms. The van der Waals surface area contributed by atoms with Crippen LogP contribution in [0.5, 0.6) is 5.75 Å². The SMILES string of the molecule is CCOc1ccc(C(=O)NCCCCO)cc1N. The van der Waals surface area contributed by atoms with Gasteiger partial charge in [0, 0.05) is 18.7 Å². The molecule has 0 saturated heterocycles. The Kier molecular flexibility index (Phi) is 6.00. The summed E-state index contributed by atoms with van der Waals surface area (Å²) in [6, 6.07) is 4.98. The zero-order chi connectivity index (χ0) is 13.4. The fourth-order valence-corrected chi connectivity index (χ4v) is 1.52. The van der Waals surface area contributed by atoms with Crippen LogP contribution >= 0.6 is 0 Å². The summed E-state index contributed by atoms with van der Waals surface area (Å²) in [5, 5.41) is 11.4. The molecule has 0 aromatic heterocycles. The maximum Gasteiger partial charge on any atom is 0.251 e. The second-order valence-electron chi connectivity index (χ2n) is 3.87. The maximum atomic E-state index is 11.8. The number of hydrogen-bond donors (Lipinski definition) is 3. The number of unbranched alkanes of at least 4 members (excludes halogenated alkanes) is 1. The van der Waals surface area contributed by atoms with Crippen LogP contribution in [0.25, 0.3) is 0 Å². The van der Waals surface area contributed by atoms with Gasteiger partial charge in [-0.25, -0.2) is 0 Å². The molecule has 0 aliphatic carbocycles. The Hall–Kier alpha value is -1.75. The number of hydrogen-bond acceptors (Lipinski definition) is 4. The average molecular weight is 252 g/mol. The van der Waals surface area contributed by atoms with Crippen molar-refractivity contribution in [2.24, 2.45) is 0 Å². The Morgan fingerprint density at radius 2 is 2.22 bits per heavy atom. The number of anilines is 1. The summed E-state index contributed by atoms with van der Waals surface area (Å²) in [6.07, 6.45) is 1.44. The fourth-order valence-electron chi connectivity index (χ4n) is 1.52. The first-order valence-electron chi connectivity index (χ1n) is 6.10. The first-order valence-corrected chi connectivity index (χ1v) is 6.10. The highest BCUT2D eigenvalue weighted by Crippen LogP contribution is 2.22. The van der Waals surface area contributed by atoms with Crippen molar-refractivity contribution in [2.75, 3.05) is 25.5 Å². The van der Waals surface area contributed by atoms with Gasteiger partial charge in [-0.05, 0) is 38.0 Å². The van der Waals surface area contributed by atoms with E-state index in [1.54, 1.807) is 18.2 Å². The molecular formula is C13H20N2O3. The van der Waals surface area contributed by atoms with Gasteiger partial charge in [0.25, 0.3) is 5.91 Å². The van der Waals surface area contributed by atoms with Crippen LogP contribution < -0.4 is 15.8 Å². The van der Waals surface area contributed by atoms with E-state index in [1.807, 2.05) is 6.92 Å². The van der Waals surface area contributed by atoms with E-state index in [-0.39, 0.29) is 12.5 Å². The van der Waals surface area contributed by atoms with Gasteiger partial charge in [-0.3, -0.25) is 4.79 Å². The molecule has 1 rings (SSSR count). The minimum absolute atomic E-state index is 0.145. The monoisotopic (exact) mass is 252 g/mol. The quantitative estimate of drug-likeness (QED) is 0.502. The molecule has 0 saturated carbocycles. The number of benzene rings is 1. The molecule has 5 nitrogen and oxygen atoms in total. The van der Waals surface area contributed by atoms with Gasteiger partial charge in [-0.1, -0.05) is 0 Å². The Morgan fingerprint density at radius 1 is 1.44 bits per heavy atom. The van der Waals surface area contributed by atoms with Crippen LogP contribution in [0.4, 0.5) is 5.69 Å². The highest BCUT2D eigenvalue weighted by Gasteiger charge is 2.08. The highest BCUT2D eigenvalue weighted by molar-refractivity contribution is 5.95. The predicted molar refractivity (Wildman–Crippen MR) is 70.7 cm³/mol. The van der Waals surface area contributed by atoms with E-state index in [2.05, 4.69) is 5.32 Å². The molecule has 0 fully saturated rings. The topological polar surface area (TPSA) is 84.6 Å². The first kappa shape index (κ1) is 14.3. The van der Waals surface area contributed by atoms with Gasteiger partial charge in [-0.15, -0.1) is 0 Å². The lowest BCUT2D eigenvalue weighted by Gasteiger charge is -2.09. The molecular weight excluding hydrogens is 232 g/mol. The van der Waals surface area contributed by atoms with Crippen LogP contribution in [0, 0.1) is 0 Å². The number of nitrogen functional groups attached to an aromatic ring is 1. The summed E-state index contributed by atoms with van der Waals surface area (Å²) < 4.78 is 5.30. The standard InChI is InChI=1S/C13H20N2O3/c1-2-18-12-6-5-10(9-11(12)14)13(17)15-7-3-4-8-16/h5-6,9,16H,2-4,7-8,14H2,1H3,(H,15,17). The van der Waals surface area contributed by atoms with E-state index in [9.17, 15) is 4.79 Å². The zero-order valence-corrected chi connectivity index (χ0v) is 10.6. The van der Waals surface area contributed by atoms with E-state index in [1.165, 1.54) is 0 Å². The largest absolute Gasteiger partial charge is 0.492 e. The molecule has 0 atom stereocenters. The molecule has 0 aliphatic heterocycles. The third-order valence-corrected chi connectivity index (χ3v) is 2.44. The maximum absolute atomic E-state index is 11.8. The molecule has 0 unspecified atom stereocenters. The van der Waals surface area contributed by atoms with Crippen molar-refractivity contribution >= 4 is 11.6 Å². The summed E-state index contributed by atoms with van der Waals surface area (Å²) in [5.41, 5.74) is 6.76. The lowest BCUT2D eigenvalue weighted by molar-refractivity contribution is 0.0952. The van der Waals surface area contributed by atoms with Gasteiger partial charge in [0.05, 0.1) is 12.3 Å². The van der Waals surface area contributed by atoms with Gasteiger partial charge in [0.1, 0.15) is 5.75 Å². The Bertz CT molecular complexity index is 394. The number of nitrogens with one attached hydrogen (secondary N) is 1. The van der Waals surface area contributed by atoms with Crippen LogP contribution in [0.1, 0.15) is 30.1 Å². The summed E-state index contributed by atoms with van der Waals surface area (Å²) in [5.74, 6) is 0.428. The number of carbonyl (C=O) groups is 1. The minimum Gasteiger partial charge on any atom is -0.492 e. The van der Waals surface area contributed by atoms with Crippen LogP contribution in [-0.2, 0) is 0 Å². The smallest absolute Gasteiger partial charge is 0.251 e. The van der Waals surface area contributed by atoms with Crippen molar-refractivity contribution in [2.45, 2.75) is 19.8 Å². The lowest BCUT2D eigenvalue weighted by Crippen LogP contribution is -2.24. The predicted octanol–water partition coefficient (Wildman–Crippen LogP) is 1.17. The molecule has 18 heavy (non-hydrogen) atoms. The number of carbonyl (C=O) groups excluding carboxylic acids is 1. The molecule has 0 heterocycles. The third kappa shape index (κ3) is 4.25. The number of nitrogens with two attached hydrogens (primary N) is 1. The van der Waals surface area contributed by atoms with Crippen molar-refractivity contribution in [3.8, 4) is 5.75 Å². The molecule has 1 aromatic carbocycles. The van der Waals surface area contributed by atoms with E-state index in [4.69, 9.17) is 15.6 Å². The zero-order valence-electron chi connectivity index (χ0n) is 10.6. The molecule has 0 spiro atoms. The van der Waals surface area contributed by atoms with Gasteiger partial charge in [0.15, 0.2) is 0 Å². The fraction of sp³-hybridized carbons (Fsp3) is 0.462. The van der Waals surface area contributed by atoms with Crippen LogP contribution in [-0.4, -0.2) is 30.8 Å². The van der Waals surface area contributed by atoms with E-state index in [0.29, 0.717) is 36.6 Å².